The lowest BCUT2D eigenvalue weighted by Crippen LogP contribution is -2.05. The fourth-order valence-electron chi connectivity index (χ4n) is 0.510. The molecule has 0 bridgehead atoms. The zero-order chi connectivity index (χ0) is 8.20. The molecule has 0 aromatic carbocycles. The molecule has 0 aliphatic heterocycles. The second-order valence-electron chi connectivity index (χ2n) is 3.59. The van der Waals surface area contributed by atoms with Gasteiger partial charge in [0.2, 0.25) is 0 Å². The van der Waals surface area contributed by atoms with E-state index in [4.69, 9.17) is 0 Å². The van der Waals surface area contributed by atoms with Crippen LogP contribution in [0, 0.1) is 5.41 Å². The predicted molar refractivity (Wildman–Crippen MR) is 50.7 cm³/mol. The fraction of sp³-hybridized carbons (Fsp3) is 0.556. The molecule has 0 aliphatic carbocycles. The molecule has 0 amide bonds. The van der Waals surface area contributed by atoms with Crippen LogP contribution in [0.5, 0.6) is 0 Å². The minimum atomic E-state index is 0.228. The van der Waals surface area contributed by atoms with Gasteiger partial charge in [-0.15, -0.1) is 5.98 Å². The molecule has 56 valence electrons. The van der Waals surface area contributed by atoms with E-state index in [0.717, 1.165) is 7.28 Å². The summed E-state index contributed by atoms with van der Waals surface area (Å²) in [6, 6.07) is 0. The Morgan fingerprint density at radius 1 is 1.40 bits per heavy atom. The fourth-order valence-corrected chi connectivity index (χ4v) is 0.510. The lowest BCUT2D eigenvalue weighted by atomic mass is 9.79. The van der Waals surface area contributed by atoms with Gasteiger partial charge >= 0.3 is 0 Å². The predicted octanol–water partition coefficient (Wildman–Crippen LogP) is 2.59. The van der Waals surface area contributed by atoms with Gasteiger partial charge in [-0.1, -0.05) is 45.8 Å². The van der Waals surface area contributed by atoms with Crippen LogP contribution in [-0.4, -0.2) is 7.28 Å². The second-order valence-corrected chi connectivity index (χ2v) is 3.59. The summed E-state index contributed by atoms with van der Waals surface area (Å²) in [6.45, 7) is 12.6. The van der Waals surface area contributed by atoms with Gasteiger partial charge in [0.1, 0.15) is 7.28 Å². The van der Waals surface area contributed by atoms with Crippen LogP contribution < -0.4 is 0 Å². The maximum atomic E-state index is 3.98. The van der Waals surface area contributed by atoms with Crippen LogP contribution in [0.15, 0.2) is 24.2 Å². The third-order valence-electron chi connectivity index (χ3n) is 1.52. The molecule has 0 saturated carbocycles. The van der Waals surface area contributed by atoms with Crippen LogP contribution in [0.4, 0.5) is 0 Å². The van der Waals surface area contributed by atoms with Gasteiger partial charge in [-0.3, -0.25) is 0 Å². The van der Waals surface area contributed by atoms with Crippen molar-refractivity contribution in [2.45, 2.75) is 27.6 Å². The lowest BCUT2D eigenvalue weighted by molar-refractivity contribution is 0.519. The van der Waals surface area contributed by atoms with Crippen LogP contribution in [-0.2, 0) is 0 Å². The summed E-state index contributed by atoms with van der Waals surface area (Å²) in [7, 11) is 1.09. The van der Waals surface area contributed by atoms with Crippen LogP contribution in [0.1, 0.15) is 20.8 Å². The van der Waals surface area contributed by atoms with E-state index in [1.807, 2.05) is 0 Å². The highest BCUT2D eigenvalue weighted by molar-refractivity contribution is 6.40. The molecule has 0 atom stereocenters. The van der Waals surface area contributed by atoms with Gasteiger partial charge in [0.15, 0.2) is 0 Å². The van der Waals surface area contributed by atoms with Gasteiger partial charge in [0.05, 0.1) is 0 Å². The average Bonchev–Trinajstić information content (AvgIpc) is 1.80. The molecule has 0 fully saturated rings. The summed E-state index contributed by atoms with van der Waals surface area (Å²) in [5.74, 6) is 2.15. The molecule has 1 heteroatoms. The maximum absolute atomic E-state index is 3.98. The van der Waals surface area contributed by atoms with E-state index < -0.39 is 0 Å². The van der Waals surface area contributed by atoms with Crippen molar-refractivity contribution >= 4 is 7.28 Å². The maximum Gasteiger partial charge on any atom is 0.144 e. The Morgan fingerprint density at radius 3 is 2.20 bits per heavy atom. The third kappa shape index (κ3) is 3.55. The van der Waals surface area contributed by atoms with E-state index >= 15 is 0 Å². The minimum Gasteiger partial charge on any atom is -0.119 e. The van der Waals surface area contributed by atoms with Gasteiger partial charge in [0.25, 0.3) is 0 Å². The van der Waals surface area contributed by atoms with E-state index in [9.17, 15) is 0 Å². The average molecular weight is 136 g/mol. The molecule has 0 rings (SSSR count). The standard InChI is InChI=1S/C9H17B/c1-8(6-7-10-5)9(2,3)4/h6-7,10H,1H2,2-5H3/b7-6-. The molecule has 0 aliphatic rings. The molecule has 0 heterocycles. The minimum absolute atomic E-state index is 0.228. The van der Waals surface area contributed by atoms with Gasteiger partial charge in [-0.25, -0.2) is 0 Å². The SMILES string of the molecule is C=C(/C=C\BC)C(C)(C)C. The summed E-state index contributed by atoms with van der Waals surface area (Å²) in [6.07, 6.45) is 2.11. The topological polar surface area (TPSA) is 0 Å². The molecular weight excluding hydrogens is 119 g/mol. The molecule has 0 nitrogen and oxygen atoms in total. The Kier molecular flexibility index (Phi) is 3.48. The molecule has 0 N–H and O–H groups in total. The highest BCUT2D eigenvalue weighted by Gasteiger charge is 2.10. The van der Waals surface area contributed by atoms with Crippen molar-refractivity contribution in [1.29, 1.82) is 0 Å². The monoisotopic (exact) mass is 136 g/mol. The van der Waals surface area contributed by atoms with Gasteiger partial charge in [-0.2, -0.15) is 0 Å². The molecule has 0 radical (unpaired) electrons. The van der Waals surface area contributed by atoms with Crippen molar-refractivity contribution in [3.05, 3.63) is 24.2 Å². The molecule has 0 aromatic rings. The van der Waals surface area contributed by atoms with Crippen molar-refractivity contribution < 1.29 is 0 Å². The second kappa shape index (κ2) is 3.65. The third-order valence-corrected chi connectivity index (χ3v) is 1.52. The molecule has 0 spiro atoms. The van der Waals surface area contributed by atoms with E-state index in [2.05, 4.69) is 46.2 Å². The largest absolute Gasteiger partial charge is 0.144 e. The first-order valence-corrected chi connectivity index (χ1v) is 3.84. The van der Waals surface area contributed by atoms with E-state index in [0.29, 0.717) is 0 Å². The van der Waals surface area contributed by atoms with Crippen molar-refractivity contribution in [1.82, 2.24) is 0 Å². The van der Waals surface area contributed by atoms with Gasteiger partial charge in [0, 0.05) is 0 Å². The first-order chi connectivity index (χ1) is 4.48. The van der Waals surface area contributed by atoms with E-state index in [-0.39, 0.29) is 5.41 Å². The molecule has 0 unspecified atom stereocenters. The highest BCUT2D eigenvalue weighted by atomic mass is 14.2. The van der Waals surface area contributed by atoms with Crippen molar-refractivity contribution in [2.24, 2.45) is 5.41 Å². The molecule has 0 saturated heterocycles. The Labute approximate surface area is 65.3 Å². The molecular formula is C9H17B. The molecule has 10 heavy (non-hydrogen) atoms. The smallest absolute Gasteiger partial charge is 0.119 e. The zero-order valence-electron chi connectivity index (χ0n) is 7.57. The summed E-state index contributed by atoms with van der Waals surface area (Å²) < 4.78 is 0. The summed E-state index contributed by atoms with van der Waals surface area (Å²) >= 11 is 0. The van der Waals surface area contributed by atoms with Crippen LogP contribution in [0.25, 0.3) is 0 Å². The van der Waals surface area contributed by atoms with Crippen molar-refractivity contribution in [2.75, 3.05) is 0 Å². The van der Waals surface area contributed by atoms with Crippen molar-refractivity contribution in [3.8, 4) is 0 Å². The summed E-state index contributed by atoms with van der Waals surface area (Å²) in [5.41, 5.74) is 1.43. The highest BCUT2D eigenvalue weighted by Crippen LogP contribution is 2.23. The van der Waals surface area contributed by atoms with E-state index in [1.165, 1.54) is 5.57 Å². The first kappa shape index (κ1) is 9.54. The first-order valence-electron chi connectivity index (χ1n) is 3.84. The number of hydrogen-bond acceptors (Lipinski definition) is 0. The number of hydrogen-bond donors (Lipinski definition) is 0. The Bertz CT molecular complexity index is 137. The van der Waals surface area contributed by atoms with Crippen LogP contribution in [0.3, 0.4) is 0 Å². The summed E-state index contributed by atoms with van der Waals surface area (Å²) in [5, 5.41) is 0. The summed E-state index contributed by atoms with van der Waals surface area (Å²) in [4.78, 5) is 0. The van der Waals surface area contributed by atoms with Crippen LogP contribution >= 0.6 is 0 Å². The van der Waals surface area contributed by atoms with E-state index in [1.54, 1.807) is 0 Å². The Balaban J connectivity index is 3.98. The number of allylic oxidation sites excluding steroid dienone is 2. The van der Waals surface area contributed by atoms with Gasteiger partial charge in [-0.05, 0) is 5.41 Å². The quantitative estimate of drug-likeness (QED) is 0.404. The lowest BCUT2D eigenvalue weighted by Gasteiger charge is -2.18. The van der Waals surface area contributed by atoms with Crippen LogP contribution in [0.2, 0.25) is 6.82 Å². The Morgan fingerprint density at radius 2 is 1.90 bits per heavy atom. The Hall–Kier alpha value is -0.455. The van der Waals surface area contributed by atoms with Crippen molar-refractivity contribution in [3.63, 3.8) is 0 Å². The zero-order valence-corrected chi connectivity index (χ0v) is 7.57. The molecule has 0 aromatic heterocycles. The number of rotatable bonds is 2. The van der Waals surface area contributed by atoms with Gasteiger partial charge < -0.3 is 0 Å². The normalized spacial score (nSPS) is 12.0.